The van der Waals surface area contributed by atoms with Crippen LogP contribution in [0.15, 0.2) is 30.3 Å². The summed E-state index contributed by atoms with van der Waals surface area (Å²) >= 11 is 5.72. The first-order valence-electron chi connectivity index (χ1n) is 7.44. The van der Waals surface area contributed by atoms with Gasteiger partial charge in [0.1, 0.15) is 5.82 Å². The van der Waals surface area contributed by atoms with Gasteiger partial charge in [0.2, 0.25) is 0 Å². The van der Waals surface area contributed by atoms with Crippen molar-refractivity contribution < 1.29 is 9.18 Å². The molecule has 0 bridgehead atoms. The first kappa shape index (κ1) is 18.1. The molecule has 0 atom stereocenters. The molecule has 2 N–H and O–H groups in total. The molecule has 1 heterocycles. The fourth-order valence-electron chi connectivity index (χ4n) is 1.93. The molecule has 2 rings (SSSR count). The molecule has 0 spiro atoms. The third-order valence-corrected chi connectivity index (χ3v) is 3.45. The van der Waals surface area contributed by atoms with Crippen molar-refractivity contribution in [1.82, 2.24) is 20.4 Å². The Morgan fingerprint density at radius 2 is 2.04 bits per heavy atom. The maximum atomic E-state index is 13.1. The zero-order valence-electron chi connectivity index (χ0n) is 13.5. The van der Waals surface area contributed by atoms with Gasteiger partial charge in [0, 0.05) is 12.2 Å². The van der Waals surface area contributed by atoms with Crippen molar-refractivity contribution in [1.29, 1.82) is 0 Å². The van der Waals surface area contributed by atoms with E-state index in [1.165, 1.54) is 18.2 Å². The third-order valence-electron chi connectivity index (χ3n) is 3.16. The van der Waals surface area contributed by atoms with Gasteiger partial charge in [-0.25, -0.2) is 4.39 Å². The summed E-state index contributed by atoms with van der Waals surface area (Å²) in [6.07, 6.45) is 0.858. The van der Waals surface area contributed by atoms with E-state index in [1.807, 2.05) is 19.0 Å². The van der Waals surface area contributed by atoms with Crippen molar-refractivity contribution in [2.75, 3.05) is 32.5 Å². The van der Waals surface area contributed by atoms with Crippen LogP contribution in [0.4, 0.5) is 15.9 Å². The van der Waals surface area contributed by atoms with Crippen LogP contribution in [0, 0.1) is 5.82 Å². The van der Waals surface area contributed by atoms with Crippen LogP contribution in [-0.4, -0.2) is 48.2 Å². The van der Waals surface area contributed by atoms with Gasteiger partial charge in [-0.1, -0.05) is 11.6 Å². The van der Waals surface area contributed by atoms with Gasteiger partial charge >= 0.3 is 0 Å². The molecule has 1 aromatic carbocycles. The average molecular weight is 352 g/mol. The SMILES string of the molecule is CN(C)CCCNC(=O)c1ccc(Nc2ccc(F)c(Cl)c2)nn1. The van der Waals surface area contributed by atoms with Crippen LogP contribution in [0.1, 0.15) is 16.9 Å². The molecule has 128 valence electrons. The Morgan fingerprint density at radius 3 is 2.67 bits per heavy atom. The van der Waals surface area contributed by atoms with Gasteiger partial charge < -0.3 is 15.5 Å². The molecule has 0 fully saturated rings. The molecule has 0 unspecified atom stereocenters. The first-order chi connectivity index (χ1) is 11.5. The number of hydrogen-bond acceptors (Lipinski definition) is 5. The highest BCUT2D eigenvalue weighted by molar-refractivity contribution is 6.31. The van der Waals surface area contributed by atoms with E-state index in [9.17, 15) is 9.18 Å². The molecule has 1 aromatic heterocycles. The minimum absolute atomic E-state index is 0.0154. The van der Waals surface area contributed by atoms with E-state index in [2.05, 4.69) is 20.8 Å². The smallest absolute Gasteiger partial charge is 0.271 e. The van der Waals surface area contributed by atoms with E-state index < -0.39 is 5.82 Å². The lowest BCUT2D eigenvalue weighted by Gasteiger charge is -2.10. The van der Waals surface area contributed by atoms with Gasteiger partial charge in [0.15, 0.2) is 11.5 Å². The van der Waals surface area contributed by atoms with Gasteiger partial charge in [-0.05, 0) is 57.4 Å². The Bertz CT molecular complexity index is 693. The normalized spacial score (nSPS) is 10.7. The lowest BCUT2D eigenvalue weighted by atomic mass is 10.3. The van der Waals surface area contributed by atoms with E-state index >= 15 is 0 Å². The second-order valence-electron chi connectivity index (χ2n) is 5.47. The molecule has 0 radical (unpaired) electrons. The number of carbonyl (C=O) groups is 1. The number of nitrogens with zero attached hydrogens (tertiary/aromatic N) is 3. The summed E-state index contributed by atoms with van der Waals surface area (Å²) in [4.78, 5) is 14.0. The standard InChI is InChI=1S/C16H19ClFN5O/c1-23(2)9-3-8-19-16(24)14-6-7-15(22-21-14)20-11-4-5-13(18)12(17)10-11/h4-7,10H,3,8-9H2,1-2H3,(H,19,24)(H,20,22). The van der Waals surface area contributed by atoms with E-state index in [0.717, 1.165) is 13.0 Å². The van der Waals surface area contributed by atoms with Gasteiger partial charge in [0.05, 0.1) is 5.02 Å². The molecule has 0 aliphatic carbocycles. The van der Waals surface area contributed by atoms with Crippen LogP contribution >= 0.6 is 11.6 Å². The Hall–Kier alpha value is -2.25. The highest BCUT2D eigenvalue weighted by atomic mass is 35.5. The lowest BCUT2D eigenvalue weighted by molar-refractivity contribution is 0.0946. The molecular formula is C16H19ClFN5O. The number of anilines is 2. The summed E-state index contributed by atoms with van der Waals surface area (Å²) < 4.78 is 13.1. The number of benzene rings is 1. The molecule has 0 aliphatic rings. The number of amides is 1. The number of aromatic nitrogens is 2. The number of nitrogens with one attached hydrogen (secondary N) is 2. The lowest BCUT2D eigenvalue weighted by Crippen LogP contribution is -2.28. The van der Waals surface area contributed by atoms with Crippen molar-refractivity contribution >= 4 is 29.0 Å². The second kappa shape index (κ2) is 8.56. The minimum atomic E-state index is -0.491. The number of halogens is 2. The Kier molecular flexibility index (Phi) is 6.45. The van der Waals surface area contributed by atoms with Crippen LogP contribution in [-0.2, 0) is 0 Å². The second-order valence-corrected chi connectivity index (χ2v) is 5.88. The molecule has 0 saturated heterocycles. The predicted octanol–water partition coefficient (Wildman–Crippen LogP) is 2.69. The highest BCUT2D eigenvalue weighted by Gasteiger charge is 2.08. The van der Waals surface area contributed by atoms with E-state index in [-0.39, 0.29) is 16.6 Å². The number of hydrogen-bond donors (Lipinski definition) is 2. The average Bonchev–Trinajstić information content (AvgIpc) is 2.55. The van der Waals surface area contributed by atoms with Crippen LogP contribution in [0.25, 0.3) is 0 Å². The van der Waals surface area contributed by atoms with E-state index in [0.29, 0.717) is 18.1 Å². The Morgan fingerprint density at radius 1 is 1.25 bits per heavy atom. The molecule has 0 saturated carbocycles. The zero-order valence-corrected chi connectivity index (χ0v) is 14.3. The molecule has 1 amide bonds. The summed E-state index contributed by atoms with van der Waals surface area (Å²) in [6, 6.07) is 7.44. The van der Waals surface area contributed by atoms with Crippen LogP contribution in [0.2, 0.25) is 5.02 Å². The molecule has 8 heteroatoms. The summed E-state index contributed by atoms with van der Waals surface area (Å²) in [6.45, 7) is 1.47. The quantitative estimate of drug-likeness (QED) is 0.750. The van der Waals surface area contributed by atoms with E-state index in [4.69, 9.17) is 11.6 Å². The van der Waals surface area contributed by atoms with Gasteiger partial charge in [-0.15, -0.1) is 10.2 Å². The maximum Gasteiger partial charge on any atom is 0.271 e. The summed E-state index contributed by atoms with van der Waals surface area (Å²) in [7, 11) is 3.96. The molecular weight excluding hydrogens is 333 g/mol. The van der Waals surface area contributed by atoms with Gasteiger partial charge in [-0.2, -0.15) is 0 Å². The van der Waals surface area contributed by atoms with Gasteiger partial charge in [-0.3, -0.25) is 4.79 Å². The largest absolute Gasteiger partial charge is 0.351 e. The van der Waals surface area contributed by atoms with Crippen molar-refractivity contribution in [3.63, 3.8) is 0 Å². The minimum Gasteiger partial charge on any atom is -0.351 e. The molecule has 24 heavy (non-hydrogen) atoms. The van der Waals surface area contributed by atoms with E-state index in [1.54, 1.807) is 12.1 Å². The van der Waals surface area contributed by atoms with Crippen molar-refractivity contribution in [2.24, 2.45) is 0 Å². The molecule has 2 aromatic rings. The van der Waals surface area contributed by atoms with Crippen molar-refractivity contribution in [3.8, 4) is 0 Å². The van der Waals surface area contributed by atoms with Crippen molar-refractivity contribution in [2.45, 2.75) is 6.42 Å². The fraction of sp³-hybridized carbons (Fsp3) is 0.312. The Balaban J connectivity index is 1.90. The summed E-state index contributed by atoms with van der Waals surface area (Å²) in [5.41, 5.74) is 0.819. The van der Waals surface area contributed by atoms with Crippen LogP contribution in [0.3, 0.4) is 0 Å². The number of carbonyl (C=O) groups excluding carboxylic acids is 1. The van der Waals surface area contributed by atoms with Gasteiger partial charge in [0.25, 0.3) is 5.91 Å². The van der Waals surface area contributed by atoms with Crippen molar-refractivity contribution in [3.05, 3.63) is 46.9 Å². The monoisotopic (exact) mass is 351 g/mol. The summed E-state index contributed by atoms with van der Waals surface area (Å²) in [5, 5.41) is 13.6. The zero-order chi connectivity index (χ0) is 17.5. The maximum absolute atomic E-state index is 13.1. The fourth-order valence-corrected chi connectivity index (χ4v) is 2.11. The molecule has 0 aliphatic heterocycles. The van der Waals surface area contributed by atoms with Crippen LogP contribution in [0.5, 0.6) is 0 Å². The van der Waals surface area contributed by atoms with Crippen LogP contribution < -0.4 is 10.6 Å². The first-order valence-corrected chi connectivity index (χ1v) is 7.82. The third kappa shape index (κ3) is 5.43. The highest BCUT2D eigenvalue weighted by Crippen LogP contribution is 2.21. The molecule has 6 nitrogen and oxygen atoms in total. The Labute approximate surface area is 145 Å². The predicted molar refractivity (Wildman–Crippen MR) is 92.2 cm³/mol. The summed E-state index contributed by atoms with van der Waals surface area (Å²) in [5.74, 6) is -0.325. The topological polar surface area (TPSA) is 70.2 Å². The number of rotatable bonds is 7.